The quantitative estimate of drug-likeness (QED) is 0.213. The van der Waals surface area contributed by atoms with Crippen LogP contribution in [0, 0.1) is 0 Å². The monoisotopic (exact) mass is 489 g/mol. The average molecular weight is 490 g/mol. The van der Waals surface area contributed by atoms with Crippen molar-refractivity contribution in [2.45, 2.75) is 59.7 Å². The molecule has 0 atom stereocenters. The van der Waals surface area contributed by atoms with Crippen LogP contribution in [0.15, 0.2) is 84.9 Å². The molecule has 0 saturated heterocycles. The molecule has 0 saturated carbocycles. The Kier molecular flexibility index (Phi) is 6.88. The van der Waals surface area contributed by atoms with E-state index in [1.54, 1.807) is 0 Å². The Bertz CT molecular complexity index is 1450. The predicted molar refractivity (Wildman–Crippen MR) is 156 cm³/mol. The molecule has 0 amide bonds. The van der Waals surface area contributed by atoms with Gasteiger partial charge in [-0.3, -0.25) is 0 Å². The van der Waals surface area contributed by atoms with Crippen molar-refractivity contribution in [2.24, 2.45) is 0 Å². The van der Waals surface area contributed by atoms with Crippen molar-refractivity contribution in [3.05, 3.63) is 90.5 Å². The molecule has 5 aromatic rings. The Morgan fingerprint density at radius 2 is 0.946 bits per heavy atom. The fourth-order valence-corrected chi connectivity index (χ4v) is 5.00. The summed E-state index contributed by atoms with van der Waals surface area (Å²) in [5, 5.41) is 2.40. The number of rotatable bonds is 7. The zero-order chi connectivity index (χ0) is 26.1. The van der Waals surface area contributed by atoms with Crippen molar-refractivity contribution in [2.75, 3.05) is 0 Å². The molecule has 37 heavy (non-hydrogen) atoms. The molecule has 0 radical (unpaired) electrons. The van der Waals surface area contributed by atoms with Crippen molar-refractivity contribution < 1.29 is 9.47 Å². The SMILES string of the molecule is CC(C)Oc1cccc(-c2ccc3nc4ccc(-c5cccc(OC(C)C)c5)cc4c(C(C)C)c3c2)c1. The molecule has 0 spiro atoms. The first-order chi connectivity index (χ1) is 17.8. The Hall–Kier alpha value is -3.85. The second-order valence-corrected chi connectivity index (χ2v) is 10.5. The molecule has 188 valence electrons. The van der Waals surface area contributed by atoms with E-state index in [4.69, 9.17) is 14.5 Å². The number of ether oxygens (including phenoxy) is 2. The van der Waals surface area contributed by atoms with E-state index in [0.717, 1.165) is 33.7 Å². The maximum Gasteiger partial charge on any atom is 0.120 e. The number of nitrogens with zero attached hydrogens (tertiary/aromatic N) is 1. The molecular formula is C34H35NO2. The second kappa shape index (κ2) is 10.3. The van der Waals surface area contributed by atoms with Gasteiger partial charge in [-0.25, -0.2) is 4.98 Å². The van der Waals surface area contributed by atoms with Crippen LogP contribution in [0.4, 0.5) is 0 Å². The summed E-state index contributed by atoms with van der Waals surface area (Å²) >= 11 is 0. The molecule has 0 aliphatic rings. The minimum atomic E-state index is 0.141. The Balaban J connectivity index is 1.65. The van der Waals surface area contributed by atoms with E-state index in [0.29, 0.717) is 5.92 Å². The van der Waals surface area contributed by atoms with Crippen molar-refractivity contribution >= 4 is 21.8 Å². The average Bonchev–Trinajstić information content (AvgIpc) is 2.86. The number of fused-ring (bicyclic) bond motifs is 2. The lowest BCUT2D eigenvalue weighted by atomic mass is 9.90. The predicted octanol–water partition coefficient (Wildman–Crippen LogP) is 9.42. The first-order valence-corrected chi connectivity index (χ1v) is 13.2. The zero-order valence-electron chi connectivity index (χ0n) is 22.6. The minimum absolute atomic E-state index is 0.141. The van der Waals surface area contributed by atoms with Crippen LogP contribution in [0.25, 0.3) is 44.1 Å². The molecular weight excluding hydrogens is 454 g/mol. The molecule has 0 bridgehead atoms. The van der Waals surface area contributed by atoms with Gasteiger partial charge in [-0.1, -0.05) is 50.2 Å². The molecule has 3 heteroatoms. The Morgan fingerprint density at radius 1 is 0.514 bits per heavy atom. The summed E-state index contributed by atoms with van der Waals surface area (Å²) in [5.74, 6) is 2.12. The van der Waals surface area contributed by atoms with E-state index in [9.17, 15) is 0 Å². The molecule has 4 aromatic carbocycles. The lowest BCUT2D eigenvalue weighted by Crippen LogP contribution is -2.05. The van der Waals surface area contributed by atoms with Gasteiger partial charge in [0.05, 0.1) is 23.2 Å². The summed E-state index contributed by atoms with van der Waals surface area (Å²) in [6.45, 7) is 12.7. The van der Waals surface area contributed by atoms with Gasteiger partial charge in [0.25, 0.3) is 0 Å². The third-order valence-electron chi connectivity index (χ3n) is 6.47. The second-order valence-electron chi connectivity index (χ2n) is 10.5. The van der Waals surface area contributed by atoms with Crippen LogP contribution in [-0.2, 0) is 0 Å². The highest BCUT2D eigenvalue weighted by atomic mass is 16.5. The Labute approximate surface area is 220 Å². The zero-order valence-corrected chi connectivity index (χ0v) is 22.6. The number of aromatic nitrogens is 1. The van der Waals surface area contributed by atoms with Gasteiger partial charge in [0.15, 0.2) is 0 Å². The minimum Gasteiger partial charge on any atom is -0.491 e. The molecule has 1 aromatic heterocycles. The summed E-state index contributed by atoms with van der Waals surface area (Å²) in [6, 6.07) is 29.9. The van der Waals surface area contributed by atoms with Crippen LogP contribution in [0.1, 0.15) is 53.0 Å². The molecule has 0 fully saturated rings. The number of hydrogen-bond donors (Lipinski definition) is 0. The Morgan fingerprint density at radius 3 is 1.35 bits per heavy atom. The van der Waals surface area contributed by atoms with Gasteiger partial charge in [-0.05, 0) is 110 Å². The lowest BCUT2D eigenvalue weighted by Gasteiger charge is -2.17. The molecule has 1 heterocycles. The third kappa shape index (κ3) is 5.32. The van der Waals surface area contributed by atoms with Crippen molar-refractivity contribution in [1.29, 1.82) is 0 Å². The molecule has 0 N–H and O–H groups in total. The molecule has 0 unspecified atom stereocenters. The normalized spacial score (nSPS) is 11.7. The van der Waals surface area contributed by atoms with Gasteiger partial charge in [0, 0.05) is 10.8 Å². The van der Waals surface area contributed by atoms with Crippen LogP contribution in [0.5, 0.6) is 11.5 Å². The van der Waals surface area contributed by atoms with Crippen LogP contribution in [-0.4, -0.2) is 17.2 Å². The standard InChI is InChI=1S/C34H35NO2/c1-21(2)34-30-19-26(24-9-7-11-28(17-24)36-22(3)4)13-15-32(30)35-33-16-14-27(20-31(33)34)25-10-8-12-29(18-25)37-23(5)6/h7-23H,1-6H3. The van der Waals surface area contributed by atoms with Crippen LogP contribution in [0.3, 0.4) is 0 Å². The van der Waals surface area contributed by atoms with Crippen LogP contribution >= 0.6 is 0 Å². The van der Waals surface area contributed by atoms with Gasteiger partial charge in [-0.15, -0.1) is 0 Å². The maximum atomic E-state index is 5.95. The first-order valence-electron chi connectivity index (χ1n) is 13.2. The van der Waals surface area contributed by atoms with Crippen LogP contribution < -0.4 is 9.47 Å². The topological polar surface area (TPSA) is 31.4 Å². The fraction of sp³-hybridized carbons (Fsp3) is 0.265. The largest absolute Gasteiger partial charge is 0.491 e. The van der Waals surface area contributed by atoms with Gasteiger partial charge in [-0.2, -0.15) is 0 Å². The summed E-state index contributed by atoms with van der Waals surface area (Å²) < 4.78 is 11.9. The maximum absolute atomic E-state index is 5.95. The van der Waals surface area contributed by atoms with E-state index in [2.05, 4.69) is 114 Å². The molecule has 3 nitrogen and oxygen atoms in total. The number of hydrogen-bond acceptors (Lipinski definition) is 3. The summed E-state index contributed by atoms with van der Waals surface area (Å²) in [5.41, 5.74) is 7.99. The van der Waals surface area contributed by atoms with Crippen molar-refractivity contribution in [3.63, 3.8) is 0 Å². The molecule has 0 aliphatic carbocycles. The fourth-order valence-electron chi connectivity index (χ4n) is 5.00. The first kappa shape index (κ1) is 24.8. The summed E-state index contributed by atoms with van der Waals surface area (Å²) in [4.78, 5) is 5.05. The third-order valence-corrected chi connectivity index (χ3v) is 6.47. The summed E-state index contributed by atoms with van der Waals surface area (Å²) in [6.07, 6.45) is 0.281. The molecule has 0 aliphatic heterocycles. The lowest BCUT2D eigenvalue weighted by molar-refractivity contribution is 0.242. The number of benzene rings is 4. The van der Waals surface area contributed by atoms with Crippen molar-refractivity contribution in [3.8, 4) is 33.8 Å². The highest BCUT2D eigenvalue weighted by molar-refractivity contribution is 6.01. The van der Waals surface area contributed by atoms with Gasteiger partial charge >= 0.3 is 0 Å². The van der Waals surface area contributed by atoms with Gasteiger partial charge in [0.1, 0.15) is 11.5 Å². The van der Waals surface area contributed by atoms with Gasteiger partial charge < -0.3 is 9.47 Å². The highest BCUT2D eigenvalue weighted by Crippen LogP contribution is 2.37. The number of pyridine rings is 1. The van der Waals surface area contributed by atoms with Gasteiger partial charge in [0.2, 0.25) is 0 Å². The van der Waals surface area contributed by atoms with Crippen molar-refractivity contribution in [1.82, 2.24) is 4.98 Å². The molecule has 5 rings (SSSR count). The van der Waals surface area contributed by atoms with E-state index < -0.39 is 0 Å². The van der Waals surface area contributed by atoms with Crippen LogP contribution in [0.2, 0.25) is 0 Å². The van der Waals surface area contributed by atoms with E-state index in [1.165, 1.54) is 27.5 Å². The van der Waals surface area contributed by atoms with E-state index in [1.807, 2.05) is 12.1 Å². The smallest absolute Gasteiger partial charge is 0.120 e. The van der Waals surface area contributed by atoms with E-state index in [-0.39, 0.29) is 12.2 Å². The summed E-state index contributed by atoms with van der Waals surface area (Å²) in [7, 11) is 0. The highest BCUT2D eigenvalue weighted by Gasteiger charge is 2.15. The van der Waals surface area contributed by atoms with E-state index >= 15 is 0 Å².